The lowest BCUT2D eigenvalue weighted by atomic mass is 11.2. The average molecular weight is 296 g/mol. The Labute approximate surface area is 114 Å². The summed E-state index contributed by atoms with van der Waals surface area (Å²) < 4.78 is 23.6. The van der Waals surface area contributed by atoms with Crippen LogP contribution in [0.1, 0.15) is 0 Å². The zero-order valence-electron chi connectivity index (χ0n) is 13.3. The molecule has 0 heterocycles. The van der Waals surface area contributed by atoms with Gasteiger partial charge in [0.05, 0.1) is 5.67 Å². The Bertz CT molecular complexity index is 218. The molecule has 0 aliphatic heterocycles. The molecule has 0 bridgehead atoms. The highest BCUT2D eigenvalue weighted by Gasteiger charge is 2.54. The quantitative estimate of drug-likeness (QED) is 0.588. The third-order valence-corrected chi connectivity index (χ3v) is 13.3. The molecule has 0 saturated heterocycles. The minimum absolute atomic E-state index is 0.788. The van der Waals surface area contributed by atoms with Gasteiger partial charge < -0.3 is 27.0 Å². The van der Waals surface area contributed by atoms with Gasteiger partial charge in [-0.1, -0.05) is 0 Å². The van der Waals surface area contributed by atoms with Crippen molar-refractivity contribution in [2.24, 2.45) is 0 Å². The molecule has 18 heavy (non-hydrogen) atoms. The van der Waals surface area contributed by atoms with Crippen LogP contribution in [0.15, 0.2) is 0 Å². The maximum atomic E-state index is 5.59. The first-order chi connectivity index (χ1) is 8.22. The normalized spacial score (nSPS) is 14.0. The lowest BCUT2D eigenvalue weighted by molar-refractivity contribution is 0.125. The number of hydrogen-bond donors (Lipinski definition) is 0. The summed E-state index contributed by atoms with van der Waals surface area (Å²) in [6.45, 7) is 0. The molecule has 0 N–H and O–H groups in total. The van der Waals surface area contributed by atoms with Crippen LogP contribution in [-0.4, -0.2) is 94.7 Å². The molecule has 0 radical (unpaired) electrons. The van der Waals surface area contributed by atoms with Crippen molar-refractivity contribution in [3.05, 3.63) is 0 Å². The summed E-state index contributed by atoms with van der Waals surface area (Å²) in [6.07, 6.45) is 0. The zero-order chi connectivity index (χ0) is 14.6. The summed E-state index contributed by atoms with van der Waals surface area (Å²) in [4.78, 5) is 0. The van der Waals surface area contributed by atoms with Crippen LogP contribution in [0.5, 0.6) is 0 Å². The van der Waals surface area contributed by atoms with E-state index in [0.717, 1.165) is 5.67 Å². The van der Waals surface area contributed by atoms with E-state index in [9.17, 15) is 0 Å². The standard InChI is InChI=1S/C10H29N3O3Si2/c1-11(2)17(12(3)4,13(5)6)10-18(14-7,15-8)16-9/h10H2,1-9H3. The molecule has 0 unspecified atom stereocenters. The summed E-state index contributed by atoms with van der Waals surface area (Å²) >= 11 is 0. The molecular weight excluding hydrogens is 266 g/mol. The van der Waals surface area contributed by atoms with Crippen LogP contribution >= 0.6 is 0 Å². The van der Waals surface area contributed by atoms with Gasteiger partial charge in [0.1, 0.15) is 0 Å². The third-order valence-electron chi connectivity index (χ3n) is 3.54. The number of hydrogen-bond acceptors (Lipinski definition) is 6. The van der Waals surface area contributed by atoms with Crippen molar-refractivity contribution in [3.8, 4) is 0 Å². The Morgan fingerprint density at radius 3 is 1.11 bits per heavy atom. The Morgan fingerprint density at radius 1 is 0.667 bits per heavy atom. The van der Waals surface area contributed by atoms with Crippen LogP contribution in [0.4, 0.5) is 0 Å². The summed E-state index contributed by atoms with van der Waals surface area (Å²) in [7, 11) is 13.0. The number of nitrogens with zero attached hydrogens (tertiary/aromatic N) is 3. The average Bonchev–Trinajstić information content (AvgIpc) is 2.30. The molecule has 0 saturated carbocycles. The first-order valence-corrected chi connectivity index (χ1v) is 9.88. The van der Waals surface area contributed by atoms with E-state index in [4.69, 9.17) is 13.3 Å². The molecule has 0 atom stereocenters. The fourth-order valence-electron chi connectivity index (χ4n) is 2.43. The second-order valence-electron chi connectivity index (χ2n) is 4.93. The molecule has 0 aromatic heterocycles. The molecule has 0 amide bonds. The Morgan fingerprint density at radius 2 is 0.944 bits per heavy atom. The minimum atomic E-state index is -2.60. The first-order valence-electron chi connectivity index (χ1n) is 5.90. The lowest BCUT2D eigenvalue weighted by Crippen LogP contribution is -2.73. The molecule has 6 nitrogen and oxygen atoms in total. The zero-order valence-corrected chi connectivity index (χ0v) is 15.3. The van der Waals surface area contributed by atoms with E-state index in [1.807, 2.05) is 0 Å². The van der Waals surface area contributed by atoms with Gasteiger partial charge in [0.2, 0.25) is 0 Å². The SMILES string of the molecule is CO[Si](C[Si](N(C)C)(N(C)C)N(C)C)(OC)OC. The lowest BCUT2D eigenvalue weighted by Gasteiger charge is -2.48. The molecule has 110 valence electrons. The van der Waals surface area contributed by atoms with Crippen molar-refractivity contribution in [1.82, 2.24) is 13.7 Å². The van der Waals surface area contributed by atoms with Crippen molar-refractivity contribution in [2.45, 2.75) is 5.67 Å². The van der Waals surface area contributed by atoms with Crippen molar-refractivity contribution < 1.29 is 13.3 Å². The van der Waals surface area contributed by atoms with Crippen LogP contribution in [0, 0.1) is 0 Å². The maximum absolute atomic E-state index is 5.59. The molecule has 0 aromatic rings. The topological polar surface area (TPSA) is 37.4 Å². The Hall–Kier alpha value is 0.194. The van der Waals surface area contributed by atoms with Gasteiger partial charge in [-0.3, -0.25) is 0 Å². The molecule has 0 fully saturated rings. The van der Waals surface area contributed by atoms with Gasteiger partial charge in [0.25, 0.3) is 8.56 Å². The van der Waals surface area contributed by atoms with Crippen molar-refractivity contribution in [3.63, 3.8) is 0 Å². The van der Waals surface area contributed by atoms with Gasteiger partial charge in [-0.2, -0.15) is 0 Å². The second-order valence-corrected chi connectivity index (χ2v) is 13.2. The highest BCUT2D eigenvalue weighted by molar-refractivity contribution is 6.85. The van der Waals surface area contributed by atoms with Crippen molar-refractivity contribution >= 4 is 17.4 Å². The van der Waals surface area contributed by atoms with Crippen LogP contribution in [0.25, 0.3) is 0 Å². The van der Waals surface area contributed by atoms with Gasteiger partial charge >= 0.3 is 8.80 Å². The molecule has 8 heteroatoms. The van der Waals surface area contributed by atoms with Gasteiger partial charge in [-0.05, 0) is 42.3 Å². The summed E-state index contributed by atoms with van der Waals surface area (Å²) in [6, 6.07) is 0. The third kappa shape index (κ3) is 3.39. The molecule has 0 spiro atoms. The van der Waals surface area contributed by atoms with Gasteiger partial charge in [0.15, 0.2) is 0 Å². The van der Waals surface area contributed by atoms with Crippen LogP contribution < -0.4 is 0 Å². The van der Waals surface area contributed by atoms with E-state index in [0.29, 0.717) is 0 Å². The van der Waals surface area contributed by atoms with Crippen molar-refractivity contribution in [2.75, 3.05) is 63.6 Å². The monoisotopic (exact) mass is 295 g/mol. The molecule has 0 aromatic carbocycles. The molecular formula is C10H29N3O3Si2. The summed E-state index contributed by atoms with van der Waals surface area (Å²) in [5.41, 5.74) is 0.788. The summed E-state index contributed by atoms with van der Waals surface area (Å²) in [5, 5.41) is 0. The minimum Gasteiger partial charge on any atom is -0.377 e. The highest BCUT2D eigenvalue weighted by atomic mass is 28.4. The Balaban J connectivity index is 5.47. The first kappa shape index (κ1) is 18.2. The maximum Gasteiger partial charge on any atom is 0.501 e. The summed E-state index contributed by atoms with van der Waals surface area (Å²) in [5.74, 6) is 0. The second kappa shape index (κ2) is 7.10. The van der Waals surface area contributed by atoms with E-state index in [2.05, 4.69) is 56.0 Å². The van der Waals surface area contributed by atoms with Crippen LogP contribution in [0.2, 0.25) is 5.67 Å². The van der Waals surface area contributed by atoms with E-state index in [-0.39, 0.29) is 0 Å². The van der Waals surface area contributed by atoms with Crippen LogP contribution in [-0.2, 0) is 13.3 Å². The highest BCUT2D eigenvalue weighted by Crippen LogP contribution is 2.26. The smallest absolute Gasteiger partial charge is 0.377 e. The van der Waals surface area contributed by atoms with Gasteiger partial charge in [0, 0.05) is 21.3 Å². The molecule has 0 rings (SSSR count). The molecule has 0 aliphatic rings. The van der Waals surface area contributed by atoms with E-state index < -0.39 is 17.4 Å². The number of rotatable bonds is 8. The predicted molar refractivity (Wildman–Crippen MR) is 78.4 cm³/mol. The predicted octanol–water partition coefficient (Wildman–Crippen LogP) is 0.0274. The fourth-order valence-corrected chi connectivity index (χ4v) is 13.2. The van der Waals surface area contributed by atoms with Crippen molar-refractivity contribution in [1.29, 1.82) is 0 Å². The van der Waals surface area contributed by atoms with E-state index in [1.165, 1.54) is 0 Å². The van der Waals surface area contributed by atoms with E-state index in [1.54, 1.807) is 21.3 Å². The Kier molecular flexibility index (Phi) is 7.18. The van der Waals surface area contributed by atoms with Gasteiger partial charge in [-0.25, -0.2) is 0 Å². The fraction of sp³-hybridized carbons (Fsp3) is 1.00. The largest absolute Gasteiger partial charge is 0.501 e. The molecule has 0 aliphatic carbocycles. The van der Waals surface area contributed by atoms with Gasteiger partial charge in [-0.15, -0.1) is 0 Å². The van der Waals surface area contributed by atoms with Crippen LogP contribution in [0.3, 0.4) is 0 Å². The van der Waals surface area contributed by atoms with E-state index >= 15 is 0 Å².